The molecule has 2 rings (SSSR count). The van der Waals surface area contributed by atoms with E-state index in [1.54, 1.807) is 0 Å². The Labute approximate surface area is 111 Å². The van der Waals surface area contributed by atoms with Crippen LogP contribution in [0.15, 0.2) is 0 Å². The van der Waals surface area contributed by atoms with Crippen molar-refractivity contribution in [2.45, 2.75) is 51.1 Å². The van der Waals surface area contributed by atoms with E-state index in [0.717, 1.165) is 19.6 Å². The van der Waals surface area contributed by atoms with Gasteiger partial charge >= 0.3 is 0 Å². The van der Waals surface area contributed by atoms with Crippen molar-refractivity contribution in [3.05, 3.63) is 0 Å². The number of nitrogens with one attached hydrogen (secondary N) is 1. The number of rotatable bonds is 4. The van der Waals surface area contributed by atoms with Gasteiger partial charge < -0.3 is 10.2 Å². The van der Waals surface area contributed by atoms with Crippen LogP contribution in [0.3, 0.4) is 0 Å². The third-order valence-electron chi connectivity index (χ3n) is 4.43. The molecule has 0 aromatic heterocycles. The molecule has 18 heavy (non-hydrogen) atoms. The molecule has 1 aliphatic heterocycles. The van der Waals surface area contributed by atoms with Gasteiger partial charge in [0, 0.05) is 31.7 Å². The molecule has 0 bridgehead atoms. The molecular weight excluding hydrogens is 226 g/mol. The fraction of sp³-hybridized carbons (Fsp3) is 0.929. The molecule has 0 radical (unpaired) electrons. The number of nitrogens with zero attached hydrogens (tertiary/aromatic N) is 2. The van der Waals surface area contributed by atoms with Gasteiger partial charge in [0.05, 0.1) is 6.54 Å². The van der Waals surface area contributed by atoms with Crippen LogP contribution in [-0.2, 0) is 4.79 Å². The summed E-state index contributed by atoms with van der Waals surface area (Å²) in [5.41, 5.74) is 0. The third kappa shape index (κ3) is 3.23. The van der Waals surface area contributed by atoms with Gasteiger partial charge in [-0.15, -0.1) is 0 Å². The Hall–Kier alpha value is -0.610. The second-order valence-corrected chi connectivity index (χ2v) is 5.76. The smallest absolute Gasteiger partial charge is 0.237 e. The molecule has 1 saturated heterocycles. The lowest BCUT2D eigenvalue weighted by Crippen LogP contribution is -2.57. The van der Waals surface area contributed by atoms with Crippen LogP contribution in [0.1, 0.15) is 39.0 Å². The van der Waals surface area contributed by atoms with Gasteiger partial charge in [0.15, 0.2) is 0 Å². The first-order chi connectivity index (χ1) is 8.72. The topological polar surface area (TPSA) is 35.6 Å². The van der Waals surface area contributed by atoms with Gasteiger partial charge in [-0.2, -0.15) is 0 Å². The lowest BCUT2D eigenvalue weighted by molar-refractivity contribution is -0.140. The van der Waals surface area contributed by atoms with Crippen molar-refractivity contribution >= 4 is 5.91 Å². The molecule has 4 nitrogen and oxygen atoms in total. The van der Waals surface area contributed by atoms with E-state index in [0.29, 0.717) is 24.5 Å². The molecule has 2 fully saturated rings. The van der Waals surface area contributed by atoms with E-state index in [2.05, 4.69) is 22.0 Å². The number of carbonyl (C=O) groups excluding carboxylic acids is 1. The van der Waals surface area contributed by atoms with E-state index in [4.69, 9.17) is 0 Å². The minimum absolute atomic E-state index is 0.344. The molecule has 1 N–H and O–H groups in total. The molecule has 1 amide bonds. The first-order valence-corrected chi connectivity index (χ1v) is 7.40. The molecule has 2 aliphatic rings. The van der Waals surface area contributed by atoms with Crippen molar-refractivity contribution in [3.63, 3.8) is 0 Å². The predicted octanol–water partition coefficient (Wildman–Crippen LogP) is 1.07. The molecule has 104 valence electrons. The normalized spacial score (nSPS) is 25.4. The fourth-order valence-electron chi connectivity index (χ4n) is 3.28. The monoisotopic (exact) mass is 253 g/mol. The highest BCUT2D eigenvalue weighted by molar-refractivity contribution is 5.79. The third-order valence-corrected chi connectivity index (χ3v) is 4.43. The second kappa shape index (κ2) is 6.53. The zero-order valence-electron chi connectivity index (χ0n) is 11.8. The van der Waals surface area contributed by atoms with Crippen molar-refractivity contribution in [1.82, 2.24) is 15.1 Å². The number of carbonyl (C=O) groups is 1. The zero-order chi connectivity index (χ0) is 13.0. The van der Waals surface area contributed by atoms with Crippen LogP contribution in [0.25, 0.3) is 0 Å². The highest BCUT2D eigenvalue weighted by Gasteiger charge is 2.31. The van der Waals surface area contributed by atoms with Gasteiger partial charge in [0.1, 0.15) is 0 Å². The maximum Gasteiger partial charge on any atom is 0.237 e. The van der Waals surface area contributed by atoms with Crippen molar-refractivity contribution in [2.24, 2.45) is 0 Å². The Morgan fingerprint density at radius 1 is 1.28 bits per heavy atom. The van der Waals surface area contributed by atoms with Crippen molar-refractivity contribution in [1.29, 1.82) is 0 Å². The van der Waals surface area contributed by atoms with Gasteiger partial charge in [0.2, 0.25) is 5.91 Å². The fourth-order valence-corrected chi connectivity index (χ4v) is 3.28. The number of hydrogen-bond donors (Lipinski definition) is 1. The van der Waals surface area contributed by atoms with Crippen molar-refractivity contribution in [3.8, 4) is 0 Å². The van der Waals surface area contributed by atoms with Crippen LogP contribution in [0.2, 0.25) is 0 Å². The number of piperazine rings is 1. The van der Waals surface area contributed by atoms with Gasteiger partial charge in [-0.1, -0.05) is 19.3 Å². The number of amides is 1. The Morgan fingerprint density at radius 3 is 2.61 bits per heavy atom. The van der Waals surface area contributed by atoms with Crippen LogP contribution in [0.4, 0.5) is 0 Å². The molecule has 1 aliphatic carbocycles. The number of hydrogen-bond acceptors (Lipinski definition) is 3. The summed E-state index contributed by atoms with van der Waals surface area (Å²) >= 11 is 0. The molecule has 4 heteroatoms. The predicted molar refractivity (Wildman–Crippen MR) is 73.5 cm³/mol. The Morgan fingerprint density at radius 2 is 2.00 bits per heavy atom. The first-order valence-electron chi connectivity index (χ1n) is 7.40. The van der Waals surface area contributed by atoms with E-state index in [9.17, 15) is 4.79 Å². The summed E-state index contributed by atoms with van der Waals surface area (Å²) in [5, 5.41) is 3.19. The highest BCUT2D eigenvalue weighted by Crippen LogP contribution is 2.24. The van der Waals surface area contributed by atoms with Crippen LogP contribution < -0.4 is 5.32 Å². The first kappa shape index (κ1) is 13.8. The van der Waals surface area contributed by atoms with E-state index in [1.165, 1.54) is 32.1 Å². The van der Waals surface area contributed by atoms with Crippen molar-refractivity contribution < 1.29 is 4.79 Å². The standard InChI is InChI=1S/C14H27N3O/c1-12(10-15-2)16-8-9-17(14(18)11-16)13-6-4-3-5-7-13/h12-13,15H,3-11H2,1-2H3. The maximum atomic E-state index is 12.3. The van der Waals surface area contributed by atoms with Crippen LogP contribution in [0, 0.1) is 0 Å². The van der Waals surface area contributed by atoms with E-state index in [-0.39, 0.29) is 0 Å². The average molecular weight is 253 g/mol. The minimum Gasteiger partial charge on any atom is -0.337 e. The van der Waals surface area contributed by atoms with Gasteiger partial charge in [0.25, 0.3) is 0 Å². The lowest BCUT2D eigenvalue weighted by atomic mass is 9.93. The van der Waals surface area contributed by atoms with Gasteiger partial charge in [-0.25, -0.2) is 0 Å². The molecule has 0 spiro atoms. The van der Waals surface area contributed by atoms with Crippen LogP contribution in [-0.4, -0.2) is 61.0 Å². The maximum absolute atomic E-state index is 12.3. The Balaban J connectivity index is 1.85. The largest absolute Gasteiger partial charge is 0.337 e. The summed E-state index contributed by atoms with van der Waals surface area (Å²) in [6, 6.07) is 0.987. The average Bonchev–Trinajstić information content (AvgIpc) is 2.40. The summed E-state index contributed by atoms with van der Waals surface area (Å²) in [6.07, 6.45) is 6.39. The molecule has 1 atom stereocenters. The molecular formula is C14H27N3O. The lowest BCUT2D eigenvalue weighted by Gasteiger charge is -2.42. The summed E-state index contributed by atoms with van der Waals surface area (Å²) in [6.45, 7) is 5.72. The summed E-state index contributed by atoms with van der Waals surface area (Å²) < 4.78 is 0. The van der Waals surface area contributed by atoms with Crippen molar-refractivity contribution in [2.75, 3.05) is 33.2 Å². The SMILES string of the molecule is CNCC(C)N1CCN(C2CCCCC2)C(=O)C1. The van der Waals surface area contributed by atoms with E-state index >= 15 is 0 Å². The van der Waals surface area contributed by atoms with Gasteiger partial charge in [-0.05, 0) is 26.8 Å². The minimum atomic E-state index is 0.344. The van der Waals surface area contributed by atoms with Gasteiger partial charge in [-0.3, -0.25) is 9.69 Å². The second-order valence-electron chi connectivity index (χ2n) is 5.76. The van der Waals surface area contributed by atoms with Crippen LogP contribution >= 0.6 is 0 Å². The molecule has 1 unspecified atom stereocenters. The van der Waals surface area contributed by atoms with Crippen LogP contribution in [0.5, 0.6) is 0 Å². The number of likely N-dealkylation sites (N-methyl/N-ethyl adjacent to an activating group) is 1. The van der Waals surface area contributed by atoms with E-state index < -0.39 is 0 Å². The molecule has 0 aromatic rings. The Kier molecular flexibility index (Phi) is 5.01. The highest BCUT2D eigenvalue weighted by atomic mass is 16.2. The quantitative estimate of drug-likeness (QED) is 0.814. The summed E-state index contributed by atoms with van der Waals surface area (Å²) in [5.74, 6) is 0.344. The Bertz CT molecular complexity index is 276. The molecule has 1 heterocycles. The molecule has 1 saturated carbocycles. The molecule has 0 aromatic carbocycles. The zero-order valence-corrected chi connectivity index (χ0v) is 11.8. The summed E-state index contributed by atoms with van der Waals surface area (Å²) in [4.78, 5) is 16.7. The summed E-state index contributed by atoms with van der Waals surface area (Å²) in [7, 11) is 1.97. The van der Waals surface area contributed by atoms with E-state index in [1.807, 2.05) is 7.05 Å².